The topological polar surface area (TPSA) is 58.6 Å². The van der Waals surface area contributed by atoms with E-state index in [0.29, 0.717) is 6.54 Å². The van der Waals surface area contributed by atoms with Crippen molar-refractivity contribution in [1.29, 1.82) is 0 Å². The maximum atomic E-state index is 13.4. The predicted octanol–water partition coefficient (Wildman–Crippen LogP) is 4.41. The average molecular weight is 423 g/mol. The molecule has 0 bridgehead atoms. The molecular formula is C26H34N2O3. The summed E-state index contributed by atoms with van der Waals surface area (Å²) in [5.41, 5.74) is 3.01. The van der Waals surface area contributed by atoms with E-state index in [9.17, 15) is 9.59 Å². The van der Waals surface area contributed by atoms with Crippen LogP contribution in [0.4, 0.5) is 0 Å². The molecule has 2 aromatic rings. The fraction of sp³-hybridized carbons (Fsp3) is 0.462. The number of benzene rings is 2. The van der Waals surface area contributed by atoms with Gasteiger partial charge >= 0.3 is 0 Å². The first-order chi connectivity index (χ1) is 15.0. The number of aryl methyl sites for hydroxylation is 1. The highest BCUT2D eigenvalue weighted by molar-refractivity contribution is 5.88. The summed E-state index contributed by atoms with van der Waals surface area (Å²) in [6.07, 6.45) is 5.85. The molecule has 0 radical (unpaired) electrons. The first kappa shape index (κ1) is 22.9. The summed E-state index contributed by atoms with van der Waals surface area (Å²) in [7, 11) is 1.63. The van der Waals surface area contributed by atoms with E-state index in [1.54, 1.807) is 12.0 Å². The third-order valence-electron chi connectivity index (χ3n) is 6.21. The molecule has 1 aliphatic rings. The lowest BCUT2D eigenvalue weighted by Gasteiger charge is -2.31. The first-order valence-electron chi connectivity index (χ1n) is 11.2. The Balaban J connectivity index is 1.78. The molecule has 0 heterocycles. The Morgan fingerprint density at radius 2 is 1.84 bits per heavy atom. The second kappa shape index (κ2) is 11.0. The van der Waals surface area contributed by atoms with Crippen LogP contribution in [0.1, 0.15) is 55.7 Å². The van der Waals surface area contributed by atoms with E-state index < -0.39 is 6.04 Å². The van der Waals surface area contributed by atoms with Gasteiger partial charge in [0.1, 0.15) is 11.8 Å². The van der Waals surface area contributed by atoms with Gasteiger partial charge in [0.15, 0.2) is 0 Å². The molecule has 3 rings (SSSR count). The number of amides is 2. The molecular weight excluding hydrogens is 388 g/mol. The van der Waals surface area contributed by atoms with Crippen LogP contribution in [0, 0.1) is 6.92 Å². The number of methoxy groups -OCH3 is 1. The number of nitrogens with one attached hydrogen (secondary N) is 1. The van der Waals surface area contributed by atoms with Crippen LogP contribution in [0.15, 0.2) is 48.5 Å². The number of carbonyl (C=O) groups excluding carboxylic acids is 2. The average Bonchev–Trinajstić information content (AvgIpc) is 2.79. The van der Waals surface area contributed by atoms with Gasteiger partial charge in [-0.1, -0.05) is 55.7 Å². The van der Waals surface area contributed by atoms with Crippen LogP contribution in [-0.2, 0) is 22.6 Å². The van der Waals surface area contributed by atoms with Crippen molar-refractivity contribution in [1.82, 2.24) is 10.2 Å². The summed E-state index contributed by atoms with van der Waals surface area (Å²) in [5.74, 6) is 0.611. The Morgan fingerprint density at radius 3 is 2.55 bits per heavy atom. The van der Waals surface area contributed by atoms with Gasteiger partial charge in [0.25, 0.3) is 0 Å². The number of hydrogen-bond donors (Lipinski definition) is 1. The maximum absolute atomic E-state index is 13.4. The normalized spacial score (nSPS) is 15.2. The van der Waals surface area contributed by atoms with Crippen molar-refractivity contribution in [3.63, 3.8) is 0 Å². The van der Waals surface area contributed by atoms with Gasteiger partial charge in [-0.15, -0.1) is 0 Å². The molecule has 1 N–H and O–H groups in total. The highest BCUT2D eigenvalue weighted by atomic mass is 16.5. The molecule has 0 spiro atoms. The molecule has 166 valence electrons. The van der Waals surface area contributed by atoms with E-state index in [4.69, 9.17) is 4.74 Å². The SMILES string of the molecule is COc1cccc(CN(C(=O)Cc2ccccc2C)C(C)C(=O)NC2CCCCC2)c1. The molecule has 0 aromatic heterocycles. The van der Waals surface area contributed by atoms with Gasteiger partial charge in [0, 0.05) is 12.6 Å². The molecule has 2 aromatic carbocycles. The Kier molecular flexibility index (Phi) is 8.10. The van der Waals surface area contributed by atoms with Crippen LogP contribution < -0.4 is 10.1 Å². The fourth-order valence-corrected chi connectivity index (χ4v) is 4.19. The van der Waals surface area contributed by atoms with Crippen LogP contribution in [0.2, 0.25) is 0 Å². The minimum atomic E-state index is -0.551. The summed E-state index contributed by atoms with van der Waals surface area (Å²) < 4.78 is 5.33. The number of hydrogen-bond acceptors (Lipinski definition) is 3. The van der Waals surface area contributed by atoms with Gasteiger partial charge in [-0.3, -0.25) is 9.59 Å². The molecule has 5 heteroatoms. The fourth-order valence-electron chi connectivity index (χ4n) is 4.19. The lowest BCUT2D eigenvalue weighted by atomic mass is 9.95. The van der Waals surface area contributed by atoms with Crippen molar-refractivity contribution in [3.05, 3.63) is 65.2 Å². The summed E-state index contributed by atoms with van der Waals surface area (Å²) in [4.78, 5) is 28.1. The molecule has 2 amide bonds. The van der Waals surface area contributed by atoms with Crippen molar-refractivity contribution in [3.8, 4) is 5.75 Å². The molecule has 1 saturated carbocycles. The Bertz CT molecular complexity index is 890. The molecule has 0 saturated heterocycles. The highest BCUT2D eigenvalue weighted by Gasteiger charge is 2.28. The first-order valence-corrected chi connectivity index (χ1v) is 11.2. The number of carbonyl (C=O) groups is 2. The van der Waals surface area contributed by atoms with Crippen LogP contribution in [0.3, 0.4) is 0 Å². The summed E-state index contributed by atoms with van der Waals surface area (Å²) in [6.45, 7) is 4.20. The van der Waals surface area contributed by atoms with Gasteiger partial charge in [0.05, 0.1) is 13.5 Å². The lowest BCUT2D eigenvalue weighted by molar-refractivity contribution is -0.140. The van der Waals surface area contributed by atoms with Crippen molar-refractivity contribution in [2.24, 2.45) is 0 Å². The molecule has 5 nitrogen and oxygen atoms in total. The lowest BCUT2D eigenvalue weighted by Crippen LogP contribution is -2.50. The highest BCUT2D eigenvalue weighted by Crippen LogP contribution is 2.20. The van der Waals surface area contributed by atoms with E-state index in [2.05, 4.69) is 5.32 Å². The second-order valence-corrected chi connectivity index (χ2v) is 8.50. The van der Waals surface area contributed by atoms with E-state index in [1.807, 2.05) is 62.4 Å². The van der Waals surface area contributed by atoms with Crippen LogP contribution in [-0.4, -0.2) is 35.9 Å². The molecule has 0 aliphatic heterocycles. The maximum Gasteiger partial charge on any atom is 0.242 e. The third-order valence-corrected chi connectivity index (χ3v) is 6.21. The summed E-state index contributed by atoms with van der Waals surface area (Å²) >= 11 is 0. The van der Waals surface area contributed by atoms with Gasteiger partial charge < -0.3 is 15.0 Å². The smallest absolute Gasteiger partial charge is 0.242 e. The van der Waals surface area contributed by atoms with E-state index in [1.165, 1.54) is 6.42 Å². The molecule has 1 fully saturated rings. The molecule has 1 atom stereocenters. The quantitative estimate of drug-likeness (QED) is 0.685. The minimum absolute atomic E-state index is 0.0524. The minimum Gasteiger partial charge on any atom is -0.497 e. The predicted molar refractivity (Wildman–Crippen MR) is 123 cm³/mol. The van der Waals surface area contributed by atoms with Crippen LogP contribution in [0.25, 0.3) is 0 Å². The van der Waals surface area contributed by atoms with Gasteiger partial charge in [-0.05, 0) is 55.5 Å². The molecule has 1 aliphatic carbocycles. The largest absolute Gasteiger partial charge is 0.497 e. The second-order valence-electron chi connectivity index (χ2n) is 8.50. The van der Waals surface area contributed by atoms with E-state index in [0.717, 1.165) is 48.1 Å². The van der Waals surface area contributed by atoms with Gasteiger partial charge in [-0.25, -0.2) is 0 Å². The zero-order valence-corrected chi connectivity index (χ0v) is 18.9. The Labute approximate surface area is 185 Å². The zero-order valence-electron chi connectivity index (χ0n) is 18.9. The van der Waals surface area contributed by atoms with Crippen molar-refractivity contribution in [2.45, 2.75) is 71.0 Å². The van der Waals surface area contributed by atoms with Crippen LogP contribution >= 0.6 is 0 Å². The van der Waals surface area contributed by atoms with Crippen molar-refractivity contribution >= 4 is 11.8 Å². The van der Waals surface area contributed by atoms with E-state index in [-0.39, 0.29) is 24.3 Å². The van der Waals surface area contributed by atoms with Gasteiger partial charge in [0.2, 0.25) is 11.8 Å². The van der Waals surface area contributed by atoms with Crippen molar-refractivity contribution < 1.29 is 14.3 Å². The van der Waals surface area contributed by atoms with Gasteiger partial charge in [-0.2, -0.15) is 0 Å². The number of rotatable bonds is 8. The van der Waals surface area contributed by atoms with Crippen molar-refractivity contribution in [2.75, 3.05) is 7.11 Å². The molecule has 31 heavy (non-hydrogen) atoms. The summed E-state index contributed by atoms with van der Waals surface area (Å²) in [5, 5.41) is 3.18. The number of ether oxygens (including phenoxy) is 1. The summed E-state index contributed by atoms with van der Waals surface area (Å²) in [6, 6.07) is 15.2. The van der Waals surface area contributed by atoms with E-state index >= 15 is 0 Å². The molecule has 1 unspecified atom stereocenters. The Morgan fingerprint density at radius 1 is 1.10 bits per heavy atom. The standard InChI is InChI=1S/C26H34N2O3/c1-19-10-7-8-12-22(19)17-25(29)28(18-21-11-9-15-24(16-21)31-3)20(2)26(30)27-23-13-5-4-6-14-23/h7-12,15-16,20,23H,4-6,13-14,17-18H2,1-3H3,(H,27,30). The Hall–Kier alpha value is -2.82. The zero-order chi connectivity index (χ0) is 22.2. The number of nitrogens with zero attached hydrogens (tertiary/aromatic N) is 1. The van der Waals surface area contributed by atoms with Crippen LogP contribution in [0.5, 0.6) is 5.75 Å². The third kappa shape index (κ3) is 6.33. The monoisotopic (exact) mass is 422 g/mol.